The highest BCUT2D eigenvalue weighted by molar-refractivity contribution is 7.89. The van der Waals surface area contributed by atoms with E-state index < -0.39 is 15.6 Å². The average Bonchev–Trinajstić information content (AvgIpc) is 3.41. The summed E-state index contributed by atoms with van der Waals surface area (Å²) in [5.74, 6) is -0.246. The lowest BCUT2D eigenvalue weighted by atomic mass is 9.85. The zero-order chi connectivity index (χ0) is 32.8. The maximum Gasteiger partial charge on any atom is 0.254 e. The zero-order valence-electron chi connectivity index (χ0n) is 25.7. The van der Waals surface area contributed by atoms with Crippen molar-refractivity contribution in [3.63, 3.8) is 0 Å². The van der Waals surface area contributed by atoms with Crippen LogP contribution in [0.15, 0.2) is 114 Å². The van der Waals surface area contributed by atoms with Crippen molar-refractivity contribution in [1.29, 1.82) is 5.26 Å². The first-order valence-corrected chi connectivity index (χ1v) is 16.9. The van der Waals surface area contributed by atoms with Crippen LogP contribution in [-0.4, -0.2) is 64.0 Å². The Bertz CT molecular complexity index is 1960. The third-order valence-electron chi connectivity index (χ3n) is 9.40. The largest absolute Gasteiger partial charge is 0.357 e. The minimum Gasteiger partial charge on any atom is -0.357 e. The fourth-order valence-corrected chi connectivity index (χ4v) is 8.43. The minimum atomic E-state index is -3.69. The Morgan fingerprint density at radius 2 is 1.47 bits per heavy atom. The number of carbonyl (C=O) groups excluding carboxylic acids is 2. The highest BCUT2D eigenvalue weighted by Gasteiger charge is 2.65. The van der Waals surface area contributed by atoms with Crippen LogP contribution in [0.1, 0.15) is 32.6 Å². The number of hydrogen-bond donors (Lipinski definition) is 1. The molecular formula is C36H32N6O4S. The predicted molar refractivity (Wildman–Crippen MR) is 173 cm³/mol. The highest BCUT2D eigenvalue weighted by Crippen LogP contribution is 2.53. The predicted octanol–water partition coefficient (Wildman–Crippen LogP) is 3.66. The number of piperidine rings is 1. The molecule has 4 aromatic rings. The first-order chi connectivity index (χ1) is 22.7. The first-order valence-electron chi connectivity index (χ1n) is 15.4. The number of nitrogens with zero attached hydrogens (tertiary/aromatic N) is 5. The molecule has 0 radical (unpaired) electrons. The van der Waals surface area contributed by atoms with Crippen molar-refractivity contribution in [1.82, 2.24) is 24.5 Å². The molecule has 0 spiro atoms. The number of rotatable bonds is 9. The van der Waals surface area contributed by atoms with Gasteiger partial charge in [-0.25, -0.2) is 8.42 Å². The molecule has 10 nitrogen and oxygen atoms in total. The number of aromatic nitrogens is 2. The van der Waals surface area contributed by atoms with Gasteiger partial charge in [-0.3, -0.25) is 24.5 Å². The zero-order valence-corrected chi connectivity index (χ0v) is 26.5. The van der Waals surface area contributed by atoms with Crippen molar-refractivity contribution in [2.75, 3.05) is 13.1 Å². The molecule has 2 atom stereocenters. The number of nitrogens with one attached hydrogen (secondary N) is 1. The van der Waals surface area contributed by atoms with E-state index in [1.54, 1.807) is 78.2 Å². The molecule has 2 aromatic heterocycles. The lowest BCUT2D eigenvalue weighted by Crippen LogP contribution is -2.51. The fourth-order valence-electron chi connectivity index (χ4n) is 6.91. The van der Waals surface area contributed by atoms with Gasteiger partial charge in [0.1, 0.15) is 11.4 Å². The second-order valence-corrected chi connectivity index (χ2v) is 14.4. The maximum atomic E-state index is 14.8. The van der Waals surface area contributed by atoms with E-state index in [0.29, 0.717) is 29.8 Å². The summed E-state index contributed by atoms with van der Waals surface area (Å²) in [6.45, 7) is 2.48. The third kappa shape index (κ3) is 5.71. The fraction of sp³-hybridized carbons (Fsp3) is 0.250. The molecule has 4 heterocycles. The van der Waals surface area contributed by atoms with Gasteiger partial charge < -0.3 is 5.32 Å². The van der Waals surface area contributed by atoms with Crippen LogP contribution in [0.4, 0.5) is 0 Å². The number of allylic oxidation sites excluding steroid dienone is 1. The lowest BCUT2D eigenvalue weighted by Gasteiger charge is -2.28. The van der Waals surface area contributed by atoms with Crippen LogP contribution in [-0.2, 0) is 27.7 Å². The van der Waals surface area contributed by atoms with Gasteiger partial charge in [-0.2, -0.15) is 9.57 Å². The van der Waals surface area contributed by atoms with E-state index in [-0.39, 0.29) is 47.6 Å². The summed E-state index contributed by atoms with van der Waals surface area (Å²) in [5, 5.41) is 12.7. The summed E-state index contributed by atoms with van der Waals surface area (Å²) in [4.78, 5) is 38.6. The van der Waals surface area contributed by atoms with Crippen molar-refractivity contribution in [3.05, 3.63) is 137 Å². The highest BCUT2D eigenvalue weighted by atomic mass is 32.2. The Morgan fingerprint density at radius 3 is 2.00 bits per heavy atom. The van der Waals surface area contributed by atoms with Gasteiger partial charge in [0.05, 0.1) is 16.5 Å². The third-order valence-corrected chi connectivity index (χ3v) is 11.2. The van der Waals surface area contributed by atoms with Gasteiger partial charge in [-0.1, -0.05) is 17.7 Å². The lowest BCUT2D eigenvalue weighted by molar-refractivity contribution is -0.132. The number of benzene rings is 2. The van der Waals surface area contributed by atoms with Gasteiger partial charge in [0, 0.05) is 80.2 Å². The number of ketones is 1. The second kappa shape index (κ2) is 11.9. The van der Waals surface area contributed by atoms with Gasteiger partial charge in [0.15, 0.2) is 5.78 Å². The Kier molecular flexibility index (Phi) is 7.70. The van der Waals surface area contributed by atoms with Crippen LogP contribution in [0, 0.1) is 30.1 Å². The number of sulfonamides is 1. The van der Waals surface area contributed by atoms with Crippen molar-refractivity contribution >= 4 is 21.7 Å². The summed E-state index contributed by atoms with van der Waals surface area (Å²) >= 11 is 0. The maximum absolute atomic E-state index is 14.8. The molecule has 0 bridgehead atoms. The minimum absolute atomic E-state index is 0.0768. The van der Waals surface area contributed by atoms with Gasteiger partial charge >= 0.3 is 0 Å². The number of hydrogen-bond acceptors (Lipinski definition) is 8. The van der Waals surface area contributed by atoms with E-state index in [0.717, 1.165) is 16.7 Å². The van der Waals surface area contributed by atoms with Crippen LogP contribution in [0.25, 0.3) is 0 Å². The molecule has 1 N–H and O–H groups in total. The topological polar surface area (TPSA) is 136 Å². The Labute approximate surface area is 273 Å². The molecule has 3 fully saturated rings. The number of nitriles is 1. The Hall–Kier alpha value is -5.18. The van der Waals surface area contributed by atoms with Crippen LogP contribution in [0.3, 0.4) is 0 Å². The molecule has 2 saturated heterocycles. The number of pyridine rings is 2. The molecule has 11 heteroatoms. The Balaban J connectivity index is 1.23. The van der Waals surface area contributed by atoms with Crippen molar-refractivity contribution in [2.45, 2.75) is 36.2 Å². The van der Waals surface area contributed by atoms with Crippen LogP contribution < -0.4 is 5.32 Å². The number of carbonyl (C=O) groups is 2. The van der Waals surface area contributed by atoms with Crippen LogP contribution in [0.2, 0.25) is 0 Å². The second-order valence-electron chi connectivity index (χ2n) is 12.5. The summed E-state index contributed by atoms with van der Waals surface area (Å²) in [6, 6.07) is 22.5. The van der Waals surface area contributed by atoms with Crippen LogP contribution >= 0.6 is 0 Å². The monoisotopic (exact) mass is 644 g/mol. The van der Waals surface area contributed by atoms with E-state index in [4.69, 9.17) is 0 Å². The number of aryl methyl sites for hydroxylation is 1. The number of amides is 1. The van der Waals surface area contributed by atoms with Gasteiger partial charge in [0.25, 0.3) is 5.91 Å². The van der Waals surface area contributed by atoms with Crippen molar-refractivity contribution in [2.24, 2.45) is 11.8 Å². The normalized spacial score (nSPS) is 22.5. The molecule has 3 aliphatic rings. The van der Waals surface area contributed by atoms with E-state index >= 15 is 0 Å². The van der Waals surface area contributed by atoms with E-state index in [1.807, 2.05) is 31.2 Å². The quantitative estimate of drug-likeness (QED) is 0.216. The standard InChI is InChI=1S/C36H32N6O4S/c1-24-2-8-29(9-3-24)47(45,46)41-22-30-31(23-41)34(30)42-33(18-32(43)28-6-4-27(21-37)5-7-28)40-36(35(42)44,19-25-10-14-38-15-11-25)20-26-12-16-39-17-13-26/h2-18,30-31,34,40H,19-20,22-23H2,1H3. The smallest absolute Gasteiger partial charge is 0.254 e. The van der Waals surface area contributed by atoms with Crippen molar-refractivity contribution < 1.29 is 18.0 Å². The molecule has 236 valence electrons. The molecule has 1 saturated carbocycles. The van der Waals surface area contributed by atoms with E-state index in [1.165, 1.54) is 10.4 Å². The number of fused-ring (bicyclic) bond motifs is 1. The average molecular weight is 645 g/mol. The van der Waals surface area contributed by atoms with Crippen molar-refractivity contribution in [3.8, 4) is 6.07 Å². The summed E-state index contributed by atoms with van der Waals surface area (Å²) in [5.41, 5.74) is 2.49. The summed E-state index contributed by atoms with van der Waals surface area (Å²) in [6.07, 6.45) is 8.88. The van der Waals surface area contributed by atoms with Gasteiger partial charge in [-0.05, 0) is 78.7 Å². The molecule has 2 aliphatic heterocycles. The Morgan fingerprint density at radius 1 is 0.915 bits per heavy atom. The molecule has 47 heavy (non-hydrogen) atoms. The van der Waals surface area contributed by atoms with Crippen LogP contribution in [0.5, 0.6) is 0 Å². The molecule has 1 aliphatic carbocycles. The van der Waals surface area contributed by atoms with E-state index in [9.17, 15) is 23.3 Å². The SMILES string of the molecule is Cc1ccc(S(=O)(=O)N2CC3C(C2)C3N2C(=O)C(Cc3ccncc3)(Cc3ccncc3)NC2=CC(=O)c2ccc(C#N)cc2)cc1. The summed E-state index contributed by atoms with van der Waals surface area (Å²) < 4.78 is 28.4. The summed E-state index contributed by atoms with van der Waals surface area (Å²) in [7, 11) is -3.69. The molecular weight excluding hydrogens is 613 g/mol. The molecule has 1 amide bonds. The first kappa shape index (κ1) is 30.5. The molecule has 7 rings (SSSR count). The van der Waals surface area contributed by atoms with E-state index in [2.05, 4.69) is 21.4 Å². The molecule has 2 unspecified atom stereocenters. The van der Waals surface area contributed by atoms with Gasteiger partial charge in [-0.15, -0.1) is 0 Å². The van der Waals surface area contributed by atoms with Gasteiger partial charge in [0.2, 0.25) is 10.0 Å². The molecule has 2 aromatic carbocycles.